The van der Waals surface area contributed by atoms with Gasteiger partial charge in [0.2, 0.25) is 10.0 Å². The van der Waals surface area contributed by atoms with Gasteiger partial charge in [-0.05, 0) is 66.6 Å². The number of fused-ring (bicyclic) bond motifs is 1. The third kappa shape index (κ3) is 3.59. The van der Waals surface area contributed by atoms with Crippen LogP contribution in [0.5, 0.6) is 0 Å². The minimum absolute atomic E-state index is 0.0303. The van der Waals surface area contributed by atoms with Crippen molar-refractivity contribution >= 4 is 15.9 Å². The molecule has 0 radical (unpaired) electrons. The van der Waals surface area contributed by atoms with Crippen molar-refractivity contribution < 1.29 is 13.2 Å². The number of benzene rings is 2. The molecule has 5 nitrogen and oxygen atoms in total. The first kappa shape index (κ1) is 19.2. The predicted octanol–water partition coefficient (Wildman–Crippen LogP) is 2.88. The second-order valence-corrected chi connectivity index (χ2v) is 9.47. The van der Waals surface area contributed by atoms with Crippen LogP contribution in [0.3, 0.4) is 0 Å². The van der Waals surface area contributed by atoms with E-state index >= 15 is 0 Å². The van der Waals surface area contributed by atoms with Crippen LogP contribution in [0.4, 0.5) is 0 Å². The fourth-order valence-corrected chi connectivity index (χ4v) is 5.53. The van der Waals surface area contributed by atoms with Gasteiger partial charge in [-0.2, -0.15) is 4.31 Å². The molecule has 1 saturated heterocycles. The number of carbonyl (C=O) groups excluding carboxylic acids is 1. The van der Waals surface area contributed by atoms with E-state index in [4.69, 9.17) is 0 Å². The number of aryl methyl sites for hydroxylation is 3. The van der Waals surface area contributed by atoms with Gasteiger partial charge in [0.25, 0.3) is 5.91 Å². The van der Waals surface area contributed by atoms with Crippen molar-refractivity contribution in [1.29, 1.82) is 0 Å². The van der Waals surface area contributed by atoms with Gasteiger partial charge in [0.1, 0.15) is 0 Å². The van der Waals surface area contributed by atoms with Crippen LogP contribution in [0, 0.1) is 0 Å². The summed E-state index contributed by atoms with van der Waals surface area (Å²) in [7, 11) is -3.51. The van der Waals surface area contributed by atoms with Crippen molar-refractivity contribution in [2.45, 2.75) is 37.5 Å². The Balaban J connectivity index is 1.43. The summed E-state index contributed by atoms with van der Waals surface area (Å²) in [6.07, 6.45) is 4.03. The second-order valence-electron chi connectivity index (χ2n) is 7.53. The van der Waals surface area contributed by atoms with Crippen LogP contribution < -0.4 is 0 Å². The van der Waals surface area contributed by atoms with E-state index in [2.05, 4.69) is 6.92 Å². The van der Waals surface area contributed by atoms with Gasteiger partial charge < -0.3 is 4.90 Å². The molecule has 2 aromatic carbocycles. The van der Waals surface area contributed by atoms with Gasteiger partial charge in [-0.3, -0.25) is 4.79 Å². The van der Waals surface area contributed by atoms with Gasteiger partial charge in [0, 0.05) is 31.7 Å². The standard InChI is InChI=1S/C22H26N2O3S/c1-2-17-6-8-19(9-7-17)22(25)23-12-14-24(15-13-23)28(26,27)21-11-10-18-4-3-5-20(18)16-21/h6-11,16H,2-5,12-15H2,1H3. The summed E-state index contributed by atoms with van der Waals surface area (Å²) >= 11 is 0. The van der Waals surface area contributed by atoms with Crippen molar-refractivity contribution in [1.82, 2.24) is 9.21 Å². The number of piperazine rings is 1. The highest BCUT2D eigenvalue weighted by Crippen LogP contribution is 2.27. The molecule has 1 fully saturated rings. The lowest BCUT2D eigenvalue weighted by Gasteiger charge is -2.34. The highest BCUT2D eigenvalue weighted by atomic mass is 32.2. The van der Waals surface area contributed by atoms with E-state index in [1.54, 1.807) is 11.0 Å². The van der Waals surface area contributed by atoms with Crippen LogP contribution in [0.25, 0.3) is 0 Å². The molecular formula is C22H26N2O3S. The third-order valence-corrected chi connectivity index (χ3v) is 7.74. The molecule has 0 spiro atoms. The molecule has 0 aromatic heterocycles. The molecule has 1 heterocycles. The maximum absolute atomic E-state index is 13.0. The summed E-state index contributed by atoms with van der Waals surface area (Å²) in [5.74, 6) is -0.0303. The average Bonchev–Trinajstić information content (AvgIpc) is 3.21. The zero-order valence-electron chi connectivity index (χ0n) is 16.2. The molecule has 6 heteroatoms. The normalized spacial score (nSPS) is 17.5. The highest BCUT2D eigenvalue weighted by Gasteiger charge is 2.31. The molecule has 0 N–H and O–H groups in total. The lowest BCUT2D eigenvalue weighted by Crippen LogP contribution is -2.50. The molecule has 28 heavy (non-hydrogen) atoms. The maximum Gasteiger partial charge on any atom is 0.253 e. The van der Waals surface area contributed by atoms with E-state index in [-0.39, 0.29) is 5.91 Å². The molecule has 0 atom stereocenters. The highest BCUT2D eigenvalue weighted by molar-refractivity contribution is 7.89. The number of amides is 1. The molecule has 1 amide bonds. The van der Waals surface area contributed by atoms with Gasteiger partial charge in [0.05, 0.1) is 4.90 Å². The molecule has 148 valence electrons. The molecule has 1 aliphatic carbocycles. The monoisotopic (exact) mass is 398 g/mol. The van der Waals surface area contributed by atoms with Gasteiger partial charge in [-0.25, -0.2) is 8.42 Å². The Hall–Kier alpha value is -2.18. The van der Waals surface area contributed by atoms with Crippen molar-refractivity contribution in [2.75, 3.05) is 26.2 Å². The van der Waals surface area contributed by atoms with Crippen molar-refractivity contribution in [3.8, 4) is 0 Å². The number of nitrogens with zero attached hydrogens (tertiary/aromatic N) is 2. The Morgan fingerprint density at radius 3 is 2.29 bits per heavy atom. The van der Waals surface area contributed by atoms with E-state index in [1.807, 2.05) is 36.4 Å². The first-order chi connectivity index (χ1) is 13.5. The largest absolute Gasteiger partial charge is 0.336 e. The van der Waals surface area contributed by atoms with E-state index in [1.165, 1.54) is 15.4 Å². The Labute approximate surface area is 167 Å². The zero-order chi connectivity index (χ0) is 19.7. The Bertz CT molecular complexity index is 975. The average molecular weight is 399 g/mol. The molecule has 0 bridgehead atoms. The van der Waals surface area contributed by atoms with Gasteiger partial charge >= 0.3 is 0 Å². The maximum atomic E-state index is 13.0. The predicted molar refractivity (Wildman–Crippen MR) is 109 cm³/mol. The summed E-state index contributed by atoms with van der Waals surface area (Å²) in [6, 6.07) is 13.2. The Kier molecular flexibility index (Phi) is 5.25. The molecule has 2 aromatic rings. The van der Waals surface area contributed by atoms with Gasteiger partial charge in [-0.1, -0.05) is 25.1 Å². The SMILES string of the molecule is CCc1ccc(C(=O)N2CCN(S(=O)(=O)c3ccc4c(c3)CCC4)CC2)cc1. The third-order valence-electron chi connectivity index (χ3n) is 5.84. The van der Waals surface area contributed by atoms with Crippen LogP contribution in [-0.4, -0.2) is 49.7 Å². The molecule has 2 aliphatic rings. The smallest absolute Gasteiger partial charge is 0.253 e. The van der Waals surface area contributed by atoms with Crippen LogP contribution in [0.2, 0.25) is 0 Å². The quantitative estimate of drug-likeness (QED) is 0.796. The molecule has 0 saturated carbocycles. The fourth-order valence-electron chi connectivity index (χ4n) is 4.05. The molecule has 1 aliphatic heterocycles. The molecule has 0 unspecified atom stereocenters. The van der Waals surface area contributed by atoms with Crippen molar-refractivity contribution in [3.63, 3.8) is 0 Å². The van der Waals surface area contributed by atoms with Crippen molar-refractivity contribution in [2.24, 2.45) is 0 Å². The molecule has 4 rings (SSSR count). The van der Waals surface area contributed by atoms with Crippen molar-refractivity contribution in [3.05, 3.63) is 64.7 Å². The summed E-state index contributed by atoms with van der Waals surface area (Å²) in [5.41, 5.74) is 4.28. The summed E-state index contributed by atoms with van der Waals surface area (Å²) < 4.78 is 27.6. The minimum Gasteiger partial charge on any atom is -0.336 e. The lowest BCUT2D eigenvalue weighted by atomic mass is 10.1. The van der Waals surface area contributed by atoms with Crippen LogP contribution in [0.15, 0.2) is 47.4 Å². The fraction of sp³-hybridized carbons (Fsp3) is 0.409. The van der Waals surface area contributed by atoms with Gasteiger partial charge in [0.15, 0.2) is 0 Å². The van der Waals surface area contributed by atoms with Crippen LogP contribution in [0.1, 0.15) is 40.4 Å². The van der Waals surface area contributed by atoms with E-state index in [0.717, 1.165) is 31.2 Å². The van der Waals surface area contributed by atoms with E-state index < -0.39 is 10.0 Å². The summed E-state index contributed by atoms with van der Waals surface area (Å²) in [5, 5.41) is 0. The van der Waals surface area contributed by atoms with Crippen LogP contribution in [-0.2, 0) is 29.3 Å². The Morgan fingerprint density at radius 2 is 1.61 bits per heavy atom. The number of hydrogen-bond acceptors (Lipinski definition) is 3. The first-order valence-corrected chi connectivity index (χ1v) is 11.4. The summed E-state index contributed by atoms with van der Waals surface area (Å²) in [6.45, 7) is 3.57. The number of rotatable bonds is 4. The first-order valence-electron chi connectivity index (χ1n) is 9.99. The minimum atomic E-state index is -3.51. The van der Waals surface area contributed by atoms with E-state index in [0.29, 0.717) is 36.6 Å². The number of sulfonamides is 1. The Morgan fingerprint density at radius 1 is 0.929 bits per heavy atom. The molecular weight excluding hydrogens is 372 g/mol. The van der Waals surface area contributed by atoms with Crippen LogP contribution >= 0.6 is 0 Å². The second kappa shape index (κ2) is 7.68. The number of carbonyl (C=O) groups is 1. The van der Waals surface area contributed by atoms with E-state index in [9.17, 15) is 13.2 Å². The van der Waals surface area contributed by atoms with Gasteiger partial charge in [-0.15, -0.1) is 0 Å². The lowest BCUT2D eigenvalue weighted by molar-refractivity contribution is 0.0698. The topological polar surface area (TPSA) is 57.7 Å². The zero-order valence-corrected chi connectivity index (χ0v) is 17.0. The number of hydrogen-bond donors (Lipinski definition) is 0. The summed E-state index contributed by atoms with van der Waals surface area (Å²) in [4.78, 5) is 14.8.